The molecule has 0 radical (unpaired) electrons. The Hall–Kier alpha value is -1.61. The van der Waals surface area contributed by atoms with Gasteiger partial charge in [-0.25, -0.2) is 0 Å². The number of halogens is 1. The summed E-state index contributed by atoms with van der Waals surface area (Å²) in [7, 11) is 0. The van der Waals surface area contributed by atoms with Crippen LogP contribution in [0.2, 0.25) is 0 Å². The minimum atomic E-state index is -0.0203. The molecule has 0 bridgehead atoms. The fraction of sp³-hybridized carbons (Fsp3) is 0.375. The van der Waals surface area contributed by atoms with Crippen LogP contribution in [0.25, 0.3) is 10.9 Å². The highest BCUT2D eigenvalue weighted by molar-refractivity contribution is 6.17. The van der Waals surface area contributed by atoms with Gasteiger partial charge in [-0.05, 0) is 37.1 Å². The van der Waals surface area contributed by atoms with E-state index in [-0.39, 0.29) is 5.91 Å². The van der Waals surface area contributed by atoms with Crippen molar-refractivity contribution in [2.75, 3.05) is 12.4 Å². The van der Waals surface area contributed by atoms with Gasteiger partial charge in [0.15, 0.2) is 0 Å². The number of nitrogens with zero attached hydrogens (tertiary/aromatic N) is 1. The van der Waals surface area contributed by atoms with Crippen LogP contribution in [-0.2, 0) is 0 Å². The number of rotatable bonds is 7. The molecular weight excluding hydrogens is 272 g/mol. The average molecular weight is 291 g/mol. The Bertz CT molecular complexity index is 571. The summed E-state index contributed by atoms with van der Waals surface area (Å²) >= 11 is 5.62. The van der Waals surface area contributed by atoms with Crippen molar-refractivity contribution in [1.82, 2.24) is 10.3 Å². The van der Waals surface area contributed by atoms with E-state index in [2.05, 4.69) is 10.3 Å². The van der Waals surface area contributed by atoms with Gasteiger partial charge in [-0.2, -0.15) is 0 Å². The molecule has 1 heterocycles. The lowest BCUT2D eigenvalue weighted by Gasteiger charge is -2.06. The number of pyridine rings is 1. The van der Waals surface area contributed by atoms with E-state index in [0.29, 0.717) is 12.1 Å². The van der Waals surface area contributed by atoms with Gasteiger partial charge in [0.1, 0.15) is 0 Å². The van der Waals surface area contributed by atoms with Crippen molar-refractivity contribution < 1.29 is 4.79 Å². The molecule has 0 aliphatic heterocycles. The fourth-order valence-corrected chi connectivity index (χ4v) is 2.28. The minimum Gasteiger partial charge on any atom is -0.352 e. The molecule has 0 saturated carbocycles. The van der Waals surface area contributed by atoms with Crippen LogP contribution in [-0.4, -0.2) is 23.3 Å². The maximum absolute atomic E-state index is 12.0. The normalized spacial score (nSPS) is 10.7. The highest BCUT2D eigenvalue weighted by atomic mass is 35.5. The van der Waals surface area contributed by atoms with Crippen molar-refractivity contribution in [2.45, 2.75) is 25.7 Å². The molecule has 2 aromatic rings. The third kappa shape index (κ3) is 4.20. The first-order valence-electron chi connectivity index (χ1n) is 7.00. The van der Waals surface area contributed by atoms with Crippen LogP contribution in [0.5, 0.6) is 0 Å². The predicted molar refractivity (Wildman–Crippen MR) is 83.3 cm³/mol. The first kappa shape index (κ1) is 14.8. The molecule has 0 aliphatic rings. The molecule has 3 nitrogen and oxygen atoms in total. The molecule has 20 heavy (non-hydrogen) atoms. The number of hydrogen-bond donors (Lipinski definition) is 1. The molecule has 0 spiro atoms. The van der Waals surface area contributed by atoms with E-state index in [1.807, 2.05) is 30.3 Å². The zero-order valence-corrected chi connectivity index (χ0v) is 12.2. The number of unbranched alkanes of at least 4 members (excludes halogenated alkanes) is 3. The molecule has 1 N–H and O–H groups in total. The summed E-state index contributed by atoms with van der Waals surface area (Å²) in [5.41, 5.74) is 1.59. The Morgan fingerprint density at radius 3 is 2.85 bits per heavy atom. The molecule has 1 amide bonds. The van der Waals surface area contributed by atoms with Crippen LogP contribution in [0.15, 0.2) is 36.5 Å². The van der Waals surface area contributed by atoms with E-state index in [1.165, 1.54) is 0 Å². The van der Waals surface area contributed by atoms with E-state index < -0.39 is 0 Å². The molecule has 0 aliphatic carbocycles. The number of nitrogens with one attached hydrogen (secondary N) is 1. The highest BCUT2D eigenvalue weighted by Crippen LogP contribution is 2.13. The summed E-state index contributed by atoms with van der Waals surface area (Å²) in [6, 6.07) is 9.42. The summed E-state index contributed by atoms with van der Waals surface area (Å²) in [5, 5.41) is 3.94. The van der Waals surface area contributed by atoms with Crippen LogP contribution in [0.3, 0.4) is 0 Å². The zero-order chi connectivity index (χ0) is 14.2. The summed E-state index contributed by atoms with van der Waals surface area (Å²) < 4.78 is 0. The van der Waals surface area contributed by atoms with Gasteiger partial charge in [-0.3, -0.25) is 9.78 Å². The van der Waals surface area contributed by atoms with Gasteiger partial charge < -0.3 is 5.32 Å². The second-order valence-corrected chi connectivity index (χ2v) is 5.15. The molecule has 1 aromatic heterocycles. The number of carbonyl (C=O) groups is 1. The molecule has 0 atom stereocenters. The quantitative estimate of drug-likeness (QED) is 0.623. The van der Waals surface area contributed by atoms with Gasteiger partial charge in [0.25, 0.3) is 5.91 Å². The lowest BCUT2D eigenvalue weighted by atomic mass is 10.1. The SMILES string of the molecule is O=C(NCCCCCCCl)c1ccc2ncccc2c1. The second-order valence-electron chi connectivity index (χ2n) is 4.77. The van der Waals surface area contributed by atoms with Crippen molar-refractivity contribution in [2.24, 2.45) is 0 Å². The Kier molecular flexibility index (Phi) is 5.81. The second kappa shape index (κ2) is 7.85. The number of alkyl halides is 1. The molecular formula is C16H19ClN2O. The number of hydrogen-bond acceptors (Lipinski definition) is 2. The first-order valence-corrected chi connectivity index (χ1v) is 7.53. The van der Waals surface area contributed by atoms with Crippen molar-refractivity contribution in [3.63, 3.8) is 0 Å². The van der Waals surface area contributed by atoms with Crippen LogP contribution in [0.1, 0.15) is 36.0 Å². The van der Waals surface area contributed by atoms with Crippen molar-refractivity contribution >= 4 is 28.4 Å². The Labute approximate surface area is 124 Å². The van der Waals surface area contributed by atoms with Gasteiger partial charge in [-0.1, -0.05) is 18.9 Å². The standard InChI is InChI=1S/C16H19ClN2O/c17-9-3-1-2-4-10-19-16(20)14-7-8-15-13(12-14)6-5-11-18-15/h5-8,11-12H,1-4,9-10H2,(H,19,20). The summed E-state index contributed by atoms with van der Waals surface area (Å²) in [6.07, 6.45) is 6.03. The van der Waals surface area contributed by atoms with E-state index in [0.717, 1.165) is 42.5 Å². The maximum Gasteiger partial charge on any atom is 0.251 e. The maximum atomic E-state index is 12.0. The number of carbonyl (C=O) groups excluding carboxylic acids is 1. The monoisotopic (exact) mass is 290 g/mol. The van der Waals surface area contributed by atoms with E-state index in [4.69, 9.17) is 11.6 Å². The largest absolute Gasteiger partial charge is 0.352 e. The number of aromatic nitrogens is 1. The lowest BCUT2D eigenvalue weighted by molar-refractivity contribution is 0.0953. The van der Waals surface area contributed by atoms with Crippen LogP contribution < -0.4 is 5.32 Å². The van der Waals surface area contributed by atoms with Crippen LogP contribution >= 0.6 is 11.6 Å². The van der Waals surface area contributed by atoms with Crippen molar-refractivity contribution in [3.05, 3.63) is 42.1 Å². The van der Waals surface area contributed by atoms with Crippen LogP contribution in [0.4, 0.5) is 0 Å². The fourth-order valence-electron chi connectivity index (χ4n) is 2.09. The molecule has 4 heteroatoms. The summed E-state index contributed by atoms with van der Waals surface area (Å²) in [5.74, 6) is 0.699. The van der Waals surface area contributed by atoms with Gasteiger partial charge in [-0.15, -0.1) is 11.6 Å². The number of amides is 1. The topological polar surface area (TPSA) is 42.0 Å². The summed E-state index contributed by atoms with van der Waals surface area (Å²) in [6.45, 7) is 0.714. The molecule has 2 rings (SSSR count). The van der Waals surface area contributed by atoms with Gasteiger partial charge in [0, 0.05) is 29.6 Å². The first-order chi connectivity index (χ1) is 9.81. The van der Waals surface area contributed by atoms with E-state index >= 15 is 0 Å². The van der Waals surface area contributed by atoms with Gasteiger partial charge in [0.05, 0.1) is 5.52 Å². The molecule has 0 fully saturated rings. The third-order valence-electron chi connectivity index (χ3n) is 3.21. The molecule has 0 saturated heterocycles. The zero-order valence-electron chi connectivity index (χ0n) is 11.4. The minimum absolute atomic E-state index is 0.0203. The van der Waals surface area contributed by atoms with E-state index in [1.54, 1.807) is 6.20 Å². The molecule has 106 valence electrons. The Morgan fingerprint density at radius 1 is 1.15 bits per heavy atom. The lowest BCUT2D eigenvalue weighted by Crippen LogP contribution is -2.24. The van der Waals surface area contributed by atoms with Gasteiger partial charge in [0.2, 0.25) is 0 Å². The van der Waals surface area contributed by atoms with Gasteiger partial charge >= 0.3 is 0 Å². The Balaban J connectivity index is 1.84. The number of fused-ring (bicyclic) bond motifs is 1. The number of benzene rings is 1. The summed E-state index contributed by atoms with van der Waals surface area (Å²) in [4.78, 5) is 16.3. The van der Waals surface area contributed by atoms with Crippen molar-refractivity contribution in [1.29, 1.82) is 0 Å². The van der Waals surface area contributed by atoms with Crippen LogP contribution in [0, 0.1) is 0 Å². The highest BCUT2D eigenvalue weighted by Gasteiger charge is 2.05. The van der Waals surface area contributed by atoms with E-state index in [9.17, 15) is 4.79 Å². The van der Waals surface area contributed by atoms with Crippen molar-refractivity contribution in [3.8, 4) is 0 Å². The smallest absolute Gasteiger partial charge is 0.251 e. The Morgan fingerprint density at radius 2 is 2.00 bits per heavy atom. The third-order valence-corrected chi connectivity index (χ3v) is 3.48. The molecule has 1 aromatic carbocycles. The predicted octanol–water partition coefficient (Wildman–Crippen LogP) is 3.76. The average Bonchev–Trinajstić information content (AvgIpc) is 2.50. The molecule has 0 unspecified atom stereocenters.